The molecule has 0 fully saturated rings. The van der Waals surface area contributed by atoms with Crippen LogP contribution < -0.4 is 4.74 Å². The van der Waals surface area contributed by atoms with Crippen molar-refractivity contribution in [2.75, 3.05) is 6.61 Å². The molecule has 0 amide bonds. The maximum atomic E-state index is 11.3. The zero-order valence-electron chi connectivity index (χ0n) is 10.8. The van der Waals surface area contributed by atoms with Gasteiger partial charge in [0.05, 0.1) is 12.0 Å². The zero-order chi connectivity index (χ0) is 13.6. The third-order valence-electron chi connectivity index (χ3n) is 3.45. The van der Waals surface area contributed by atoms with Crippen molar-refractivity contribution in [2.24, 2.45) is 5.41 Å². The maximum absolute atomic E-state index is 11.3. The number of halogens is 1. The minimum atomic E-state index is -0.748. The van der Waals surface area contributed by atoms with Crippen LogP contribution in [-0.2, 0) is 4.79 Å². The second kappa shape index (κ2) is 6.64. The molecule has 100 valence electrons. The van der Waals surface area contributed by atoms with Gasteiger partial charge in [-0.1, -0.05) is 31.5 Å². The molecule has 0 bridgehead atoms. The highest BCUT2D eigenvalue weighted by Crippen LogP contribution is 2.31. The van der Waals surface area contributed by atoms with E-state index >= 15 is 0 Å². The Balaban J connectivity index is 2.57. The van der Waals surface area contributed by atoms with Crippen molar-refractivity contribution in [1.82, 2.24) is 0 Å². The Kier molecular flexibility index (Phi) is 5.48. The van der Waals surface area contributed by atoms with Gasteiger partial charge in [0.25, 0.3) is 0 Å². The van der Waals surface area contributed by atoms with Crippen LogP contribution in [-0.4, -0.2) is 17.7 Å². The number of carboxylic acid groups (broad SMARTS) is 1. The van der Waals surface area contributed by atoms with Gasteiger partial charge >= 0.3 is 5.97 Å². The third-order valence-corrected chi connectivity index (χ3v) is 3.69. The van der Waals surface area contributed by atoms with Crippen molar-refractivity contribution in [1.29, 1.82) is 0 Å². The Labute approximate surface area is 113 Å². The van der Waals surface area contributed by atoms with Crippen LogP contribution in [0.3, 0.4) is 0 Å². The normalized spacial score (nSPS) is 11.3. The molecule has 4 heteroatoms. The van der Waals surface area contributed by atoms with Gasteiger partial charge in [-0.05, 0) is 37.5 Å². The quantitative estimate of drug-likeness (QED) is 0.815. The molecule has 1 aromatic rings. The van der Waals surface area contributed by atoms with Gasteiger partial charge in [-0.3, -0.25) is 4.79 Å². The molecule has 0 atom stereocenters. The molecule has 1 rings (SSSR count). The number of carboxylic acids is 1. The smallest absolute Gasteiger partial charge is 0.309 e. The predicted octanol–water partition coefficient (Wildman–Crippen LogP) is 4.00. The molecule has 0 saturated carbocycles. The predicted molar refractivity (Wildman–Crippen MR) is 72.2 cm³/mol. The van der Waals surface area contributed by atoms with Crippen molar-refractivity contribution < 1.29 is 14.6 Å². The summed E-state index contributed by atoms with van der Waals surface area (Å²) >= 11 is 5.84. The molecule has 0 aliphatic heterocycles. The molecule has 1 aromatic carbocycles. The molecule has 0 heterocycles. The highest BCUT2D eigenvalue weighted by atomic mass is 35.5. The summed E-state index contributed by atoms with van der Waals surface area (Å²) in [5.74, 6) is -0.0730. The summed E-state index contributed by atoms with van der Waals surface area (Å²) in [6, 6.07) is 7.11. The summed E-state index contributed by atoms with van der Waals surface area (Å²) in [5.41, 5.74) is -0.682. The van der Waals surface area contributed by atoms with Crippen LogP contribution in [0, 0.1) is 5.41 Å². The number of hydrogen-bond acceptors (Lipinski definition) is 2. The fraction of sp³-hybridized carbons (Fsp3) is 0.500. The van der Waals surface area contributed by atoms with Crippen molar-refractivity contribution in [3.63, 3.8) is 0 Å². The van der Waals surface area contributed by atoms with Crippen molar-refractivity contribution in [3.8, 4) is 5.75 Å². The average Bonchev–Trinajstić information content (AvgIpc) is 2.35. The molecule has 0 aliphatic carbocycles. The highest BCUT2D eigenvalue weighted by molar-refractivity contribution is 6.30. The lowest BCUT2D eigenvalue weighted by molar-refractivity contribution is -0.150. The number of rotatable bonds is 7. The second-order valence-electron chi connectivity index (χ2n) is 4.35. The topological polar surface area (TPSA) is 46.5 Å². The number of hydrogen-bond donors (Lipinski definition) is 1. The van der Waals surface area contributed by atoms with Gasteiger partial charge in [0.2, 0.25) is 0 Å². The van der Waals surface area contributed by atoms with E-state index in [1.807, 2.05) is 26.0 Å². The minimum Gasteiger partial charge on any atom is -0.494 e. The first-order chi connectivity index (χ1) is 8.54. The first kappa shape index (κ1) is 14.8. The second-order valence-corrected chi connectivity index (χ2v) is 4.78. The Morgan fingerprint density at radius 2 is 2.06 bits per heavy atom. The van der Waals surface area contributed by atoms with E-state index in [9.17, 15) is 9.90 Å². The number of ether oxygens (including phenoxy) is 1. The van der Waals surface area contributed by atoms with E-state index in [0.717, 1.165) is 0 Å². The van der Waals surface area contributed by atoms with Crippen LogP contribution in [0.2, 0.25) is 5.02 Å². The molecule has 18 heavy (non-hydrogen) atoms. The highest BCUT2D eigenvalue weighted by Gasteiger charge is 2.34. The van der Waals surface area contributed by atoms with Crippen LogP contribution in [0.1, 0.15) is 33.1 Å². The van der Waals surface area contributed by atoms with Crippen molar-refractivity contribution in [3.05, 3.63) is 29.3 Å². The van der Waals surface area contributed by atoms with Crippen LogP contribution in [0.15, 0.2) is 24.3 Å². The Bertz CT molecular complexity index is 400. The van der Waals surface area contributed by atoms with Gasteiger partial charge < -0.3 is 9.84 Å². The van der Waals surface area contributed by atoms with Crippen LogP contribution in [0.5, 0.6) is 5.75 Å². The van der Waals surface area contributed by atoms with Gasteiger partial charge in [0.15, 0.2) is 0 Å². The number of benzene rings is 1. The minimum absolute atomic E-state index is 0.383. The van der Waals surface area contributed by atoms with E-state index in [-0.39, 0.29) is 0 Å². The third kappa shape index (κ3) is 3.64. The molecule has 0 unspecified atom stereocenters. The first-order valence-electron chi connectivity index (χ1n) is 6.16. The standard InChI is InChI=1S/C14H19ClO3/c1-3-14(4-2,13(16)17)8-9-18-12-7-5-6-11(15)10-12/h5-7,10H,3-4,8-9H2,1-2H3,(H,16,17). The van der Waals surface area contributed by atoms with Crippen LogP contribution in [0.4, 0.5) is 0 Å². The summed E-state index contributed by atoms with van der Waals surface area (Å²) in [4.78, 5) is 11.3. The zero-order valence-corrected chi connectivity index (χ0v) is 11.5. The lowest BCUT2D eigenvalue weighted by atomic mass is 9.79. The summed E-state index contributed by atoms with van der Waals surface area (Å²) in [6.07, 6.45) is 1.72. The molecule has 3 nitrogen and oxygen atoms in total. The van der Waals surface area contributed by atoms with E-state index in [0.29, 0.717) is 36.6 Å². The largest absolute Gasteiger partial charge is 0.494 e. The number of aliphatic carboxylic acids is 1. The molecule has 0 aliphatic rings. The average molecular weight is 271 g/mol. The molecular formula is C14H19ClO3. The van der Waals surface area contributed by atoms with Gasteiger partial charge in [0, 0.05) is 5.02 Å². The maximum Gasteiger partial charge on any atom is 0.309 e. The molecule has 0 radical (unpaired) electrons. The SMILES string of the molecule is CCC(CC)(CCOc1cccc(Cl)c1)C(=O)O. The lowest BCUT2D eigenvalue weighted by Gasteiger charge is -2.26. The first-order valence-corrected chi connectivity index (χ1v) is 6.53. The fourth-order valence-corrected chi connectivity index (χ4v) is 2.11. The Morgan fingerprint density at radius 1 is 1.39 bits per heavy atom. The summed E-state index contributed by atoms with van der Waals surface area (Å²) in [5, 5.41) is 9.90. The Hall–Kier alpha value is -1.22. The van der Waals surface area contributed by atoms with Gasteiger partial charge in [-0.25, -0.2) is 0 Å². The molecule has 0 spiro atoms. The molecule has 0 aromatic heterocycles. The van der Waals surface area contributed by atoms with E-state index in [2.05, 4.69) is 0 Å². The molecule has 0 saturated heterocycles. The fourth-order valence-electron chi connectivity index (χ4n) is 1.93. The van der Waals surface area contributed by atoms with Crippen molar-refractivity contribution in [2.45, 2.75) is 33.1 Å². The van der Waals surface area contributed by atoms with E-state index < -0.39 is 11.4 Å². The lowest BCUT2D eigenvalue weighted by Crippen LogP contribution is -2.31. The van der Waals surface area contributed by atoms with E-state index in [1.54, 1.807) is 12.1 Å². The molecule has 1 N–H and O–H groups in total. The van der Waals surface area contributed by atoms with Crippen molar-refractivity contribution >= 4 is 17.6 Å². The summed E-state index contributed by atoms with van der Waals surface area (Å²) in [6.45, 7) is 4.18. The van der Waals surface area contributed by atoms with Crippen LogP contribution in [0.25, 0.3) is 0 Å². The van der Waals surface area contributed by atoms with Crippen LogP contribution >= 0.6 is 11.6 Å². The van der Waals surface area contributed by atoms with Gasteiger partial charge in [-0.15, -0.1) is 0 Å². The summed E-state index contributed by atoms with van der Waals surface area (Å²) < 4.78 is 5.55. The van der Waals surface area contributed by atoms with E-state index in [1.165, 1.54) is 0 Å². The van der Waals surface area contributed by atoms with E-state index in [4.69, 9.17) is 16.3 Å². The van der Waals surface area contributed by atoms with Gasteiger partial charge in [-0.2, -0.15) is 0 Å². The Morgan fingerprint density at radius 3 is 2.56 bits per heavy atom. The van der Waals surface area contributed by atoms with Gasteiger partial charge in [0.1, 0.15) is 5.75 Å². The molecular weight excluding hydrogens is 252 g/mol. The number of carbonyl (C=O) groups is 1. The monoisotopic (exact) mass is 270 g/mol. The summed E-state index contributed by atoms with van der Waals surface area (Å²) in [7, 11) is 0.